The third-order valence-electron chi connectivity index (χ3n) is 3.78. The molecule has 1 unspecified atom stereocenters. The molecule has 7 nitrogen and oxygen atoms in total. The zero-order valence-electron chi connectivity index (χ0n) is 14.7. The zero-order chi connectivity index (χ0) is 18.2. The fraction of sp³-hybridized carbons (Fsp3) is 0.500. The van der Waals surface area contributed by atoms with Crippen molar-refractivity contribution >= 4 is 23.5 Å². The van der Waals surface area contributed by atoms with Crippen molar-refractivity contribution in [3.63, 3.8) is 0 Å². The lowest BCUT2D eigenvalue weighted by Gasteiger charge is -2.33. The Labute approximate surface area is 147 Å². The molecule has 1 saturated heterocycles. The van der Waals surface area contributed by atoms with Gasteiger partial charge >= 0.3 is 5.97 Å². The average molecular weight is 347 g/mol. The molecule has 7 heteroatoms. The molecular weight excluding hydrogens is 322 g/mol. The number of para-hydroxylation sites is 1. The Morgan fingerprint density at radius 2 is 2.04 bits per heavy atom. The monoisotopic (exact) mass is 347 g/mol. The number of anilines is 1. The summed E-state index contributed by atoms with van der Waals surface area (Å²) in [6, 6.07) is 8.43. The summed E-state index contributed by atoms with van der Waals surface area (Å²) in [6.07, 6.45) is -0.0584. The van der Waals surface area contributed by atoms with Gasteiger partial charge < -0.3 is 15.4 Å². The van der Waals surface area contributed by atoms with Crippen LogP contribution in [0.3, 0.4) is 0 Å². The Morgan fingerprint density at radius 3 is 2.72 bits per heavy atom. The van der Waals surface area contributed by atoms with Gasteiger partial charge in [-0.2, -0.15) is 0 Å². The molecule has 1 aromatic rings. The average Bonchev–Trinajstić information content (AvgIpc) is 2.57. The summed E-state index contributed by atoms with van der Waals surface area (Å²) in [5.41, 5.74) is 0.696. The molecule has 1 aliphatic rings. The van der Waals surface area contributed by atoms with Gasteiger partial charge in [-0.3, -0.25) is 19.3 Å². The number of esters is 1. The van der Waals surface area contributed by atoms with Crippen molar-refractivity contribution in [2.24, 2.45) is 5.92 Å². The summed E-state index contributed by atoms with van der Waals surface area (Å²) in [5.74, 6) is -0.664. The Bertz CT molecular complexity index is 604. The van der Waals surface area contributed by atoms with Crippen molar-refractivity contribution in [3.8, 4) is 0 Å². The summed E-state index contributed by atoms with van der Waals surface area (Å²) in [5, 5.41) is 5.52. The molecule has 1 atom stereocenters. The van der Waals surface area contributed by atoms with Crippen molar-refractivity contribution < 1.29 is 19.1 Å². The molecule has 2 rings (SSSR count). The standard InChI is InChI=1S/C18H25N3O4/c1-13(2)12-25-17(23)10-15-18(24)19-8-9-21(15)11-16(22)20-14-6-4-3-5-7-14/h3-7,13,15H,8-12H2,1-2H3,(H,19,24)(H,20,22). The van der Waals surface area contributed by atoms with Crippen LogP contribution in [0.5, 0.6) is 0 Å². The molecule has 1 aromatic carbocycles. The minimum absolute atomic E-state index is 0.0461. The van der Waals surface area contributed by atoms with Crippen molar-refractivity contribution in [3.05, 3.63) is 30.3 Å². The third-order valence-corrected chi connectivity index (χ3v) is 3.78. The highest BCUT2D eigenvalue weighted by Crippen LogP contribution is 2.11. The molecule has 136 valence electrons. The second-order valence-corrected chi connectivity index (χ2v) is 6.47. The molecule has 0 saturated carbocycles. The maximum Gasteiger partial charge on any atom is 0.307 e. The molecule has 1 aliphatic heterocycles. The maximum atomic E-state index is 12.2. The van der Waals surface area contributed by atoms with E-state index in [4.69, 9.17) is 4.74 Å². The van der Waals surface area contributed by atoms with Crippen LogP contribution >= 0.6 is 0 Å². The number of ether oxygens (including phenoxy) is 1. The summed E-state index contributed by atoms with van der Waals surface area (Å²) in [7, 11) is 0. The molecule has 0 spiro atoms. The number of benzene rings is 1. The second-order valence-electron chi connectivity index (χ2n) is 6.47. The molecule has 25 heavy (non-hydrogen) atoms. The van der Waals surface area contributed by atoms with Crippen LogP contribution in [0.4, 0.5) is 5.69 Å². The lowest BCUT2D eigenvalue weighted by atomic mass is 10.1. The normalized spacial score (nSPS) is 17.9. The van der Waals surface area contributed by atoms with Crippen LogP contribution in [0.25, 0.3) is 0 Å². The van der Waals surface area contributed by atoms with Crippen molar-refractivity contribution in [1.82, 2.24) is 10.2 Å². The fourth-order valence-electron chi connectivity index (χ4n) is 2.56. The van der Waals surface area contributed by atoms with E-state index in [1.54, 1.807) is 17.0 Å². The first-order valence-electron chi connectivity index (χ1n) is 8.48. The quantitative estimate of drug-likeness (QED) is 0.719. The van der Waals surface area contributed by atoms with E-state index in [1.807, 2.05) is 32.0 Å². The van der Waals surface area contributed by atoms with Gasteiger partial charge in [0.05, 0.1) is 19.6 Å². The number of amides is 2. The van der Waals surface area contributed by atoms with Gasteiger partial charge in [0.15, 0.2) is 0 Å². The molecule has 2 N–H and O–H groups in total. The summed E-state index contributed by atoms with van der Waals surface area (Å²) >= 11 is 0. The Balaban J connectivity index is 1.92. The predicted octanol–water partition coefficient (Wildman–Crippen LogP) is 1.01. The Morgan fingerprint density at radius 1 is 1.32 bits per heavy atom. The maximum absolute atomic E-state index is 12.2. The number of carbonyl (C=O) groups excluding carboxylic acids is 3. The molecule has 0 aliphatic carbocycles. The number of nitrogens with one attached hydrogen (secondary N) is 2. The van der Waals surface area contributed by atoms with Crippen LogP contribution in [0.15, 0.2) is 30.3 Å². The Hall–Kier alpha value is -2.41. The van der Waals surface area contributed by atoms with Gasteiger partial charge in [-0.25, -0.2) is 0 Å². The minimum Gasteiger partial charge on any atom is -0.465 e. The minimum atomic E-state index is -0.685. The largest absolute Gasteiger partial charge is 0.465 e. The second kappa shape index (κ2) is 9.17. The van der Waals surface area contributed by atoms with E-state index in [2.05, 4.69) is 10.6 Å². The molecule has 0 bridgehead atoms. The van der Waals surface area contributed by atoms with Crippen LogP contribution in [0.1, 0.15) is 20.3 Å². The van der Waals surface area contributed by atoms with Gasteiger partial charge in [-0.05, 0) is 18.1 Å². The van der Waals surface area contributed by atoms with E-state index < -0.39 is 12.0 Å². The van der Waals surface area contributed by atoms with Crippen LogP contribution in [0.2, 0.25) is 0 Å². The van der Waals surface area contributed by atoms with E-state index in [9.17, 15) is 14.4 Å². The first-order chi connectivity index (χ1) is 12.0. The molecule has 1 fully saturated rings. The molecular formula is C18H25N3O4. The lowest BCUT2D eigenvalue weighted by Crippen LogP contribution is -2.57. The fourth-order valence-corrected chi connectivity index (χ4v) is 2.56. The molecule has 2 amide bonds. The van der Waals surface area contributed by atoms with Crippen LogP contribution in [0, 0.1) is 5.92 Å². The number of rotatable bonds is 7. The number of hydrogen-bond donors (Lipinski definition) is 2. The van der Waals surface area contributed by atoms with Crippen LogP contribution < -0.4 is 10.6 Å². The van der Waals surface area contributed by atoms with Gasteiger partial charge in [-0.1, -0.05) is 32.0 Å². The topological polar surface area (TPSA) is 87.7 Å². The highest BCUT2D eigenvalue weighted by Gasteiger charge is 2.33. The van der Waals surface area contributed by atoms with Crippen LogP contribution in [-0.2, 0) is 19.1 Å². The first kappa shape index (κ1) is 18.9. The molecule has 0 aromatic heterocycles. The van der Waals surface area contributed by atoms with Crippen molar-refractivity contribution in [1.29, 1.82) is 0 Å². The van der Waals surface area contributed by atoms with Gasteiger partial charge in [0.2, 0.25) is 11.8 Å². The van der Waals surface area contributed by atoms with E-state index in [0.29, 0.717) is 25.4 Å². The van der Waals surface area contributed by atoms with E-state index in [1.165, 1.54) is 0 Å². The van der Waals surface area contributed by atoms with E-state index >= 15 is 0 Å². The van der Waals surface area contributed by atoms with E-state index in [0.717, 1.165) is 0 Å². The van der Waals surface area contributed by atoms with Gasteiger partial charge in [-0.15, -0.1) is 0 Å². The number of carbonyl (C=O) groups is 3. The van der Waals surface area contributed by atoms with Crippen molar-refractivity contribution in [2.75, 3.05) is 31.6 Å². The predicted molar refractivity (Wildman–Crippen MR) is 93.9 cm³/mol. The SMILES string of the molecule is CC(C)COC(=O)CC1C(=O)NCCN1CC(=O)Nc1ccccc1. The van der Waals surface area contributed by atoms with Gasteiger partial charge in [0.1, 0.15) is 6.04 Å². The number of nitrogens with zero attached hydrogens (tertiary/aromatic N) is 1. The van der Waals surface area contributed by atoms with E-state index in [-0.39, 0.29) is 30.7 Å². The highest BCUT2D eigenvalue weighted by molar-refractivity contribution is 5.93. The third kappa shape index (κ3) is 6.19. The molecule has 1 heterocycles. The number of piperazine rings is 1. The van der Waals surface area contributed by atoms with Crippen LogP contribution in [-0.4, -0.2) is 55.0 Å². The van der Waals surface area contributed by atoms with Crippen molar-refractivity contribution in [2.45, 2.75) is 26.3 Å². The smallest absolute Gasteiger partial charge is 0.307 e. The highest BCUT2D eigenvalue weighted by atomic mass is 16.5. The number of hydrogen-bond acceptors (Lipinski definition) is 5. The summed E-state index contributed by atoms with van der Waals surface area (Å²) < 4.78 is 5.16. The lowest BCUT2D eigenvalue weighted by molar-refractivity contribution is -0.149. The summed E-state index contributed by atoms with van der Waals surface area (Å²) in [4.78, 5) is 38.0. The first-order valence-corrected chi connectivity index (χ1v) is 8.48. The molecule has 0 radical (unpaired) electrons. The Kier molecular flexibility index (Phi) is 6.94. The summed E-state index contributed by atoms with van der Waals surface area (Å²) in [6.45, 7) is 5.22. The van der Waals surface area contributed by atoms with Gasteiger partial charge in [0, 0.05) is 18.8 Å². The van der Waals surface area contributed by atoms with Gasteiger partial charge in [0.25, 0.3) is 0 Å². The zero-order valence-corrected chi connectivity index (χ0v) is 14.7.